The molecule has 0 aliphatic carbocycles. The highest BCUT2D eigenvalue weighted by Gasteiger charge is 2.22. The van der Waals surface area contributed by atoms with Crippen molar-refractivity contribution in [3.8, 4) is 0 Å². The van der Waals surface area contributed by atoms with Gasteiger partial charge in [0, 0.05) is 6.04 Å². The van der Waals surface area contributed by atoms with E-state index < -0.39 is 0 Å². The first-order valence-electron chi connectivity index (χ1n) is 7.36. The number of likely N-dealkylation sites (N-methyl/N-ethyl adjacent to an activating group) is 1. The Hall–Kier alpha value is -1.12. The van der Waals surface area contributed by atoms with Gasteiger partial charge in [-0.15, -0.1) is 0 Å². The summed E-state index contributed by atoms with van der Waals surface area (Å²) in [6.07, 6.45) is 1.06. The SMILES string of the molecule is CCNC(Cc1ccsc1)c1ccccc1C(C)(C)C. The molecule has 0 fully saturated rings. The Bertz CT molecular complexity index is 523. The monoisotopic (exact) mass is 287 g/mol. The van der Waals surface area contributed by atoms with Crippen molar-refractivity contribution in [2.24, 2.45) is 0 Å². The van der Waals surface area contributed by atoms with Crippen molar-refractivity contribution in [3.63, 3.8) is 0 Å². The molecule has 1 aromatic heterocycles. The van der Waals surface area contributed by atoms with Crippen molar-refractivity contribution in [2.75, 3.05) is 6.54 Å². The third kappa shape index (κ3) is 3.71. The van der Waals surface area contributed by atoms with Crippen LogP contribution >= 0.6 is 11.3 Å². The summed E-state index contributed by atoms with van der Waals surface area (Å²) < 4.78 is 0. The van der Waals surface area contributed by atoms with Crippen molar-refractivity contribution in [3.05, 3.63) is 57.8 Å². The van der Waals surface area contributed by atoms with Gasteiger partial charge in [0.15, 0.2) is 0 Å². The lowest BCUT2D eigenvalue weighted by molar-refractivity contribution is 0.518. The molecule has 0 bridgehead atoms. The van der Waals surface area contributed by atoms with Gasteiger partial charge in [0.1, 0.15) is 0 Å². The highest BCUT2D eigenvalue weighted by molar-refractivity contribution is 7.07. The van der Waals surface area contributed by atoms with Gasteiger partial charge < -0.3 is 5.32 Å². The summed E-state index contributed by atoms with van der Waals surface area (Å²) in [6.45, 7) is 10.0. The van der Waals surface area contributed by atoms with Gasteiger partial charge in [-0.3, -0.25) is 0 Å². The van der Waals surface area contributed by atoms with Crippen molar-refractivity contribution < 1.29 is 0 Å². The van der Waals surface area contributed by atoms with Gasteiger partial charge in [-0.2, -0.15) is 11.3 Å². The van der Waals surface area contributed by atoms with E-state index in [4.69, 9.17) is 0 Å². The zero-order valence-corrected chi connectivity index (χ0v) is 13.8. The molecule has 2 aromatic rings. The lowest BCUT2D eigenvalue weighted by Gasteiger charge is -2.28. The van der Waals surface area contributed by atoms with Crippen LogP contribution in [0.3, 0.4) is 0 Å². The summed E-state index contributed by atoms with van der Waals surface area (Å²) in [4.78, 5) is 0. The fourth-order valence-electron chi connectivity index (χ4n) is 2.67. The summed E-state index contributed by atoms with van der Waals surface area (Å²) in [5.74, 6) is 0. The van der Waals surface area contributed by atoms with Gasteiger partial charge in [0.05, 0.1) is 0 Å². The van der Waals surface area contributed by atoms with Gasteiger partial charge in [-0.1, -0.05) is 52.0 Å². The molecule has 0 radical (unpaired) electrons. The minimum Gasteiger partial charge on any atom is -0.310 e. The summed E-state index contributed by atoms with van der Waals surface area (Å²) in [7, 11) is 0. The molecule has 1 aromatic carbocycles. The number of thiophene rings is 1. The molecule has 2 rings (SSSR count). The van der Waals surface area contributed by atoms with Gasteiger partial charge in [0.2, 0.25) is 0 Å². The van der Waals surface area contributed by atoms with E-state index in [9.17, 15) is 0 Å². The van der Waals surface area contributed by atoms with E-state index in [2.05, 4.69) is 74.1 Å². The van der Waals surface area contributed by atoms with E-state index in [1.807, 2.05) is 0 Å². The molecule has 0 amide bonds. The number of nitrogens with one attached hydrogen (secondary N) is 1. The smallest absolute Gasteiger partial charge is 0.0363 e. The molecule has 0 aliphatic rings. The Morgan fingerprint density at radius 1 is 1.15 bits per heavy atom. The van der Waals surface area contributed by atoms with Crippen molar-refractivity contribution in [2.45, 2.75) is 45.6 Å². The fraction of sp³-hybridized carbons (Fsp3) is 0.444. The quantitative estimate of drug-likeness (QED) is 0.821. The van der Waals surface area contributed by atoms with Crippen LogP contribution in [0.1, 0.15) is 50.4 Å². The molecule has 1 unspecified atom stereocenters. The van der Waals surface area contributed by atoms with Crippen molar-refractivity contribution >= 4 is 11.3 Å². The Kier molecular flexibility index (Phi) is 5.00. The van der Waals surface area contributed by atoms with Crippen LogP contribution in [-0.2, 0) is 11.8 Å². The van der Waals surface area contributed by atoms with Crippen LogP contribution in [0.5, 0.6) is 0 Å². The van der Waals surface area contributed by atoms with E-state index in [1.54, 1.807) is 11.3 Å². The summed E-state index contributed by atoms with van der Waals surface area (Å²) >= 11 is 1.78. The molecule has 2 heteroatoms. The minimum atomic E-state index is 0.179. The third-order valence-electron chi connectivity index (χ3n) is 3.61. The van der Waals surface area contributed by atoms with Crippen LogP contribution in [-0.4, -0.2) is 6.54 Å². The molecule has 1 heterocycles. The van der Waals surface area contributed by atoms with Crippen molar-refractivity contribution in [1.82, 2.24) is 5.32 Å². The topological polar surface area (TPSA) is 12.0 Å². The lowest BCUT2D eigenvalue weighted by atomic mass is 9.81. The molecule has 1 nitrogen and oxygen atoms in total. The first-order chi connectivity index (χ1) is 9.52. The minimum absolute atomic E-state index is 0.179. The molecule has 0 saturated carbocycles. The first kappa shape index (κ1) is 15.3. The molecule has 1 N–H and O–H groups in total. The predicted molar refractivity (Wildman–Crippen MR) is 89.6 cm³/mol. The Labute approximate surface area is 127 Å². The zero-order valence-electron chi connectivity index (χ0n) is 12.9. The second-order valence-corrected chi connectivity index (χ2v) is 7.06. The molecular weight excluding hydrogens is 262 g/mol. The molecule has 20 heavy (non-hydrogen) atoms. The fourth-order valence-corrected chi connectivity index (χ4v) is 3.35. The number of hydrogen-bond acceptors (Lipinski definition) is 2. The molecular formula is C18H25NS. The number of hydrogen-bond donors (Lipinski definition) is 1. The molecule has 1 atom stereocenters. The average Bonchev–Trinajstić information content (AvgIpc) is 2.90. The van der Waals surface area contributed by atoms with E-state index in [-0.39, 0.29) is 5.41 Å². The first-order valence-corrected chi connectivity index (χ1v) is 8.30. The van der Waals surface area contributed by atoms with Gasteiger partial charge >= 0.3 is 0 Å². The largest absolute Gasteiger partial charge is 0.310 e. The van der Waals surface area contributed by atoms with Crippen LogP contribution in [0, 0.1) is 0 Å². The standard InChI is InChI=1S/C18H25NS/c1-5-19-17(12-14-10-11-20-13-14)15-8-6-7-9-16(15)18(2,3)4/h6-11,13,17,19H,5,12H2,1-4H3. The van der Waals surface area contributed by atoms with E-state index in [0.717, 1.165) is 13.0 Å². The van der Waals surface area contributed by atoms with Crippen LogP contribution in [0.2, 0.25) is 0 Å². The molecule has 108 valence electrons. The second-order valence-electron chi connectivity index (χ2n) is 6.28. The maximum atomic E-state index is 3.65. The Balaban J connectivity index is 2.34. The van der Waals surface area contributed by atoms with Crippen LogP contribution in [0.15, 0.2) is 41.1 Å². The number of rotatable bonds is 5. The molecule has 0 aliphatic heterocycles. The van der Waals surface area contributed by atoms with E-state index >= 15 is 0 Å². The van der Waals surface area contributed by atoms with Crippen LogP contribution in [0.25, 0.3) is 0 Å². The van der Waals surface area contributed by atoms with Crippen molar-refractivity contribution in [1.29, 1.82) is 0 Å². The van der Waals surface area contributed by atoms with Crippen LogP contribution < -0.4 is 5.32 Å². The summed E-state index contributed by atoms with van der Waals surface area (Å²) in [5, 5.41) is 8.07. The van der Waals surface area contributed by atoms with Gasteiger partial charge in [-0.05, 0) is 51.9 Å². The lowest BCUT2D eigenvalue weighted by Crippen LogP contribution is -2.26. The second kappa shape index (κ2) is 6.55. The maximum Gasteiger partial charge on any atom is 0.0363 e. The Morgan fingerprint density at radius 2 is 1.90 bits per heavy atom. The average molecular weight is 287 g/mol. The highest BCUT2D eigenvalue weighted by Crippen LogP contribution is 2.31. The third-order valence-corrected chi connectivity index (χ3v) is 4.35. The van der Waals surface area contributed by atoms with Gasteiger partial charge in [0.25, 0.3) is 0 Å². The Morgan fingerprint density at radius 3 is 2.50 bits per heavy atom. The number of benzene rings is 1. The van der Waals surface area contributed by atoms with Gasteiger partial charge in [-0.25, -0.2) is 0 Å². The van der Waals surface area contributed by atoms with E-state index in [1.165, 1.54) is 16.7 Å². The zero-order chi connectivity index (χ0) is 14.6. The van der Waals surface area contributed by atoms with Crippen LogP contribution in [0.4, 0.5) is 0 Å². The summed E-state index contributed by atoms with van der Waals surface area (Å²) in [5.41, 5.74) is 4.48. The summed E-state index contributed by atoms with van der Waals surface area (Å²) in [6, 6.07) is 11.5. The molecule has 0 spiro atoms. The molecule has 0 saturated heterocycles. The maximum absolute atomic E-state index is 3.65. The highest BCUT2D eigenvalue weighted by atomic mass is 32.1. The predicted octanol–water partition coefficient (Wildman–Crippen LogP) is 4.94. The normalized spacial score (nSPS) is 13.4. The van der Waals surface area contributed by atoms with E-state index in [0.29, 0.717) is 6.04 Å².